The van der Waals surface area contributed by atoms with E-state index in [0.29, 0.717) is 22.3 Å². The van der Waals surface area contributed by atoms with Crippen LogP contribution in [-0.2, 0) is 0 Å². The summed E-state index contributed by atoms with van der Waals surface area (Å²) in [5.74, 6) is -0.364. The molecule has 0 radical (unpaired) electrons. The summed E-state index contributed by atoms with van der Waals surface area (Å²) in [7, 11) is 0. The number of anilines is 2. The van der Waals surface area contributed by atoms with E-state index in [2.05, 4.69) is 21.2 Å². The summed E-state index contributed by atoms with van der Waals surface area (Å²) in [5, 5.41) is 12.0. The van der Waals surface area contributed by atoms with E-state index in [-0.39, 0.29) is 18.0 Å². The molecule has 0 saturated heterocycles. The number of halogens is 2. The number of hydrogen-bond donors (Lipinski definition) is 3. The van der Waals surface area contributed by atoms with Crippen molar-refractivity contribution in [2.75, 3.05) is 17.7 Å². The number of nitrogens with one attached hydrogen (secondary N) is 1. The molecule has 3 nitrogen and oxygen atoms in total. The minimum absolute atomic E-state index is 0.0684. The Morgan fingerprint density at radius 1 is 1.50 bits per heavy atom. The fourth-order valence-corrected chi connectivity index (χ4v) is 1.74. The van der Waals surface area contributed by atoms with Crippen LogP contribution in [0.15, 0.2) is 16.6 Å². The SMILES string of the molecule is CC(C)(CCO)Nc1cc(F)c(Br)cc1N. The lowest BCUT2D eigenvalue weighted by Gasteiger charge is -2.27. The molecule has 90 valence electrons. The molecule has 0 aliphatic rings. The van der Waals surface area contributed by atoms with Crippen LogP contribution in [0.2, 0.25) is 0 Å². The highest BCUT2D eigenvalue weighted by Gasteiger charge is 2.18. The van der Waals surface area contributed by atoms with E-state index in [9.17, 15) is 4.39 Å². The zero-order valence-corrected chi connectivity index (χ0v) is 10.9. The lowest BCUT2D eigenvalue weighted by Crippen LogP contribution is -2.32. The summed E-state index contributed by atoms with van der Waals surface area (Å²) < 4.78 is 13.7. The molecule has 0 fully saturated rings. The van der Waals surface area contributed by atoms with Crippen molar-refractivity contribution in [1.82, 2.24) is 0 Å². The molecule has 0 unspecified atom stereocenters. The molecular formula is C11H16BrFN2O. The first-order valence-electron chi connectivity index (χ1n) is 4.99. The molecule has 5 heteroatoms. The Morgan fingerprint density at radius 2 is 2.12 bits per heavy atom. The van der Waals surface area contributed by atoms with Gasteiger partial charge in [0.15, 0.2) is 0 Å². The molecule has 0 saturated carbocycles. The van der Waals surface area contributed by atoms with Crippen LogP contribution in [0.1, 0.15) is 20.3 Å². The van der Waals surface area contributed by atoms with Crippen LogP contribution in [-0.4, -0.2) is 17.3 Å². The van der Waals surface area contributed by atoms with Gasteiger partial charge in [0.1, 0.15) is 5.82 Å². The van der Waals surface area contributed by atoms with Gasteiger partial charge >= 0.3 is 0 Å². The molecule has 16 heavy (non-hydrogen) atoms. The lowest BCUT2D eigenvalue weighted by atomic mass is 10.0. The molecule has 0 heterocycles. The van der Waals surface area contributed by atoms with Crippen molar-refractivity contribution in [2.45, 2.75) is 25.8 Å². The highest BCUT2D eigenvalue weighted by Crippen LogP contribution is 2.29. The van der Waals surface area contributed by atoms with E-state index in [1.807, 2.05) is 13.8 Å². The van der Waals surface area contributed by atoms with E-state index in [4.69, 9.17) is 10.8 Å². The maximum absolute atomic E-state index is 13.3. The third-order valence-corrected chi connectivity index (χ3v) is 2.91. The molecule has 0 aliphatic carbocycles. The van der Waals surface area contributed by atoms with Crippen molar-refractivity contribution in [3.63, 3.8) is 0 Å². The third-order valence-electron chi connectivity index (χ3n) is 2.30. The third kappa shape index (κ3) is 3.35. The molecule has 0 aliphatic heterocycles. The van der Waals surface area contributed by atoms with Gasteiger partial charge in [0.05, 0.1) is 15.8 Å². The Hall–Kier alpha value is -0.810. The number of nitrogens with two attached hydrogens (primary N) is 1. The maximum Gasteiger partial charge on any atom is 0.139 e. The van der Waals surface area contributed by atoms with E-state index < -0.39 is 0 Å². The highest BCUT2D eigenvalue weighted by molar-refractivity contribution is 9.10. The average molecular weight is 291 g/mol. The first-order valence-corrected chi connectivity index (χ1v) is 5.78. The molecule has 1 rings (SSSR count). The average Bonchev–Trinajstić information content (AvgIpc) is 2.13. The number of aliphatic hydroxyl groups excluding tert-OH is 1. The summed E-state index contributed by atoms with van der Waals surface area (Å²) in [4.78, 5) is 0. The second kappa shape index (κ2) is 5.01. The van der Waals surface area contributed by atoms with E-state index in [0.717, 1.165) is 0 Å². The van der Waals surface area contributed by atoms with E-state index in [1.54, 1.807) is 0 Å². The zero-order chi connectivity index (χ0) is 12.3. The summed E-state index contributed by atoms with van der Waals surface area (Å²) in [6.07, 6.45) is 0.560. The Balaban J connectivity index is 2.93. The predicted octanol–water partition coefficient (Wildman–Crippen LogP) is 2.74. The van der Waals surface area contributed by atoms with E-state index >= 15 is 0 Å². The van der Waals surface area contributed by atoms with Crippen LogP contribution >= 0.6 is 15.9 Å². The van der Waals surface area contributed by atoms with Gasteiger partial charge in [-0.15, -0.1) is 0 Å². The highest BCUT2D eigenvalue weighted by atomic mass is 79.9. The van der Waals surface area contributed by atoms with Gasteiger partial charge in [-0.3, -0.25) is 0 Å². The van der Waals surface area contributed by atoms with Crippen molar-refractivity contribution in [2.24, 2.45) is 0 Å². The number of hydrogen-bond acceptors (Lipinski definition) is 3. The van der Waals surface area contributed by atoms with Crippen LogP contribution in [0.5, 0.6) is 0 Å². The van der Waals surface area contributed by atoms with Gasteiger partial charge in [-0.25, -0.2) is 4.39 Å². The number of nitrogen functional groups attached to an aromatic ring is 1. The molecule has 1 aromatic carbocycles. The Morgan fingerprint density at radius 3 is 2.69 bits per heavy atom. The largest absolute Gasteiger partial charge is 0.397 e. The molecule has 4 N–H and O–H groups in total. The van der Waals surface area contributed by atoms with Crippen LogP contribution in [0.3, 0.4) is 0 Å². The quantitative estimate of drug-likeness (QED) is 0.748. The minimum Gasteiger partial charge on any atom is -0.397 e. The first-order chi connectivity index (χ1) is 7.35. The Bertz CT molecular complexity index is 382. The van der Waals surface area contributed by atoms with Crippen LogP contribution in [0.4, 0.5) is 15.8 Å². The van der Waals surface area contributed by atoms with Gasteiger partial charge < -0.3 is 16.2 Å². The smallest absolute Gasteiger partial charge is 0.139 e. The molecule has 0 atom stereocenters. The molecule has 1 aromatic rings. The topological polar surface area (TPSA) is 58.3 Å². The molecule has 0 amide bonds. The number of rotatable bonds is 4. The zero-order valence-electron chi connectivity index (χ0n) is 9.35. The summed E-state index contributed by atoms with van der Waals surface area (Å²) in [6, 6.07) is 2.87. The fourth-order valence-electron chi connectivity index (χ4n) is 1.38. The predicted molar refractivity (Wildman–Crippen MR) is 67.9 cm³/mol. The summed E-state index contributed by atoms with van der Waals surface area (Å²) in [6.45, 7) is 3.91. The normalized spacial score (nSPS) is 11.6. The molecule has 0 bridgehead atoms. The Labute approximate surface area is 103 Å². The molecular weight excluding hydrogens is 275 g/mol. The van der Waals surface area contributed by atoms with Crippen molar-refractivity contribution in [3.8, 4) is 0 Å². The Kier molecular flexibility index (Phi) is 4.15. The molecule has 0 spiro atoms. The molecule has 0 aromatic heterocycles. The van der Waals surface area contributed by atoms with Crippen LogP contribution in [0.25, 0.3) is 0 Å². The monoisotopic (exact) mass is 290 g/mol. The summed E-state index contributed by atoms with van der Waals surface area (Å²) >= 11 is 3.07. The van der Waals surface area contributed by atoms with Gasteiger partial charge in [0, 0.05) is 18.2 Å². The van der Waals surface area contributed by atoms with Gasteiger partial charge in [0.25, 0.3) is 0 Å². The minimum atomic E-state index is -0.364. The van der Waals surface area contributed by atoms with Crippen molar-refractivity contribution >= 4 is 27.3 Å². The van der Waals surface area contributed by atoms with Gasteiger partial charge in [-0.2, -0.15) is 0 Å². The van der Waals surface area contributed by atoms with Crippen LogP contribution < -0.4 is 11.1 Å². The van der Waals surface area contributed by atoms with Gasteiger partial charge in [0.2, 0.25) is 0 Å². The van der Waals surface area contributed by atoms with Crippen LogP contribution in [0, 0.1) is 5.82 Å². The standard InChI is InChI=1S/C11H16BrFN2O/c1-11(2,3-4-16)15-10-6-8(13)7(12)5-9(10)14/h5-6,15-16H,3-4,14H2,1-2H3. The second-order valence-corrected chi connectivity index (χ2v) is 5.19. The van der Waals surface area contributed by atoms with Crippen molar-refractivity contribution < 1.29 is 9.50 Å². The number of aliphatic hydroxyl groups is 1. The van der Waals surface area contributed by atoms with Crippen molar-refractivity contribution in [3.05, 3.63) is 22.4 Å². The fraction of sp³-hybridized carbons (Fsp3) is 0.455. The summed E-state index contributed by atoms with van der Waals surface area (Å²) in [5.41, 5.74) is 6.45. The lowest BCUT2D eigenvalue weighted by molar-refractivity contribution is 0.261. The first kappa shape index (κ1) is 13.3. The maximum atomic E-state index is 13.3. The van der Waals surface area contributed by atoms with E-state index in [1.165, 1.54) is 12.1 Å². The number of benzene rings is 1. The second-order valence-electron chi connectivity index (χ2n) is 4.34. The van der Waals surface area contributed by atoms with Crippen molar-refractivity contribution in [1.29, 1.82) is 0 Å². The van der Waals surface area contributed by atoms with Gasteiger partial charge in [-0.1, -0.05) is 0 Å². The van der Waals surface area contributed by atoms with Gasteiger partial charge in [-0.05, 0) is 42.3 Å².